The van der Waals surface area contributed by atoms with E-state index in [1.165, 1.54) is 0 Å². The van der Waals surface area contributed by atoms with E-state index < -0.39 is 0 Å². The smallest absolute Gasteiger partial charge is 0.139 e. The highest BCUT2D eigenvalue weighted by Crippen LogP contribution is 2.29. The second-order valence-electron chi connectivity index (χ2n) is 4.02. The van der Waals surface area contributed by atoms with Crippen LogP contribution in [-0.4, -0.2) is 0 Å². The fourth-order valence-electron chi connectivity index (χ4n) is 2.03. The van der Waals surface area contributed by atoms with E-state index in [0.717, 1.165) is 27.9 Å². The SMILES string of the molecule is NCc1cccc2cc(-c3ccccc3)oc12. The van der Waals surface area contributed by atoms with E-state index in [2.05, 4.69) is 6.07 Å². The van der Waals surface area contributed by atoms with Crippen molar-refractivity contribution in [2.45, 2.75) is 6.54 Å². The minimum absolute atomic E-state index is 0.499. The van der Waals surface area contributed by atoms with Gasteiger partial charge in [0, 0.05) is 23.1 Å². The molecule has 0 aliphatic heterocycles. The van der Waals surface area contributed by atoms with E-state index in [1.54, 1.807) is 0 Å². The van der Waals surface area contributed by atoms with Crippen LogP contribution in [0.3, 0.4) is 0 Å². The molecule has 0 atom stereocenters. The predicted molar refractivity (Wildman–Crippen MR) is 69.5 cm³/mol. The summed E-state index contributed by atoms with van der Waals surface area (Å²) in [6.45, 7) is 0.499. The van der Waals surface area contributed by atoms with E-state index in [1.807, 2.05) is 48.5 Å². The Labute approximate surface area is 99.7 Å². The van der Waals surface area contributed by atoms with Crippen LogP contribution in [0.4, 0.5) is 0 Å². The molecule has 2 heteroatoms. The van der Waals surface area contributed by atoms with Gasteiger partial charge in [-0.1, -0.05) is 48.5 Å². The highest BCUT2D eigenvalue weighted by Gasteiger charge is 2.08. The summed E-state index contributed by atoms with van der Waals surface area (Å²) < 4.78 is 5.90. The zero-order chi connectivity index (χ0) is 11.7. The van der Waals surface area contributed by atoms with Crippen molar-refractivity contribution in [3.63, 3.8) is 0 Å². The number of para-hydroxylation sites is 1. The second-order valence-corrected chi connectivity index (χ2v) is 4.02. The monoisotopic (exact) mass is 223 g/mol. The van der Waals surface area contributed by atoms with Gasteiger partial charge in [0.05, 0.1) is 0 Å². The Bertz CT molecular complexity index is 640. The molecule has 0 bridgehead atoms. The Hall–Kier alpha value is -2.06. The average Bonchev–Trinajstić information content (AvgIpc) is 2.83. The van der Waals surface area contributed by atoms with Crippen molar-refractivity contribution < 1.29 is 4.42 Å². The van der Waals surface area contributed by atoms with Crippen molar-refractivity contribution in [1.82, 2.24) is 0 Å². The Morgan fingerprint density at radius 3 is 2.53 bits per heavy atom. The van der Waals surface area contributed by atoms with Crippen LogP contribution in [0.1, 0.15) is 5.56 Å². The number of nitrogens with two attached hydrogens (primary N) is 1. The molecule has 0 spiro atoms. The number of benzene rings is 2. The van der Waals surface area contributed by atoms with Gasteiger partial charge in [-0.25, -0.2) is 0 Å². The van der Waals surface area contributed by atoms with Gasteiger partial charge in [-0.3, -0.25) is 0 Å². The Morgan fingerprint density at radius 1 is 0.941 bits per heavy atom. The molecule has 2 nitrogen and oxygen atoms in total. The molecule has 1 aromatic heterocycles. The maximum absolute atomic E-state index is 5.90. The minimum atomic E-state index is 0.499. The van der Waals surface area contributed by atoms with Gasteiger partial charge in [-0.15, -0.1) is 0 Å². The van der Waals surface area contributed by atoms with Gasteiger partial charge in [-0.05, 0) is 6.07 Å². The Morgan fingerprint density at radius 2 is 1.76 bits per heavy atom. The molecule has 0 aliphatic rings. The van der Waals surface area contributed by atoms with E-state index in [-0.39, 0.29) is 0 Å². The minimum Gasteiger partial charge on any atom is -0.456 e. The third kappa shape index (κ3) is 1.73. The number of furan rings is 1. The first kappa shape index (κ1) is 10.1. The molecular weight excluding hydrogens is 210 g/mol. The predicted octanol–water partition coefficient (Wildman–Crippen LogP) is 3.56. The maximum atomic E-state index is 5.90. The van der Waals surface area contributed by atoms with Gasteiger partial charge < -0.3 is 10.2 Å². The van der Waals surface area contributed by atoms with E-state index in [4.69, 9.17) is 10.2 Å². The highest BCUT2D eigenvalue weighted by atomic mass is 16.3. The molecule has 0 radical (unpaired) electrons. The van der Waals surface area contributed by atoms with Crippen LogP contribution in [0.2, 0.25) is 0 Å². The third-order valence-electron chi connectivity index (χ3n) is 2.90. The molecule has 84 valence electrons. The fourth-order valence-corrected chi connectivity index (χ4v) is 2.03. The third-order valence-corrected chi connectivity index (χ3v) is 2.90. The first-order valence-corrected chi connectivity index (χ1v) is 5.65. The number of hydrogen-bond acceptors (Lipinski definition) is 2. The molecule has 2 aromatic carbocycles. The lowest BCUT2D eigenvalue weighted by Crippen LogP contribution is -1.95. The van der Waals surface area contributed by atoms with Crippen molar-refractivity contribution in [3.05, 3.63) is 60.2 Å². The van der Waals surface area contributed by atoms with Gasteiger partial charge in [0.1, 0.15) is 11.3 Å². The molecule has 0 fully saturated rings. The van der Waals surface area contributed by atoms with Crippen LogP contribution in [-0.2, 0) is 6.54 Å². The summed E-state index contributed by atoms with van der Waals surface area (Å²) in [6, 6.07) is 18.2. The molecule has 0 unspecified atom stereocenters. The van der Waals surface area contributed by atoms with E-state index in [9.17, 15) is 0 Å². The van der Waals surface area contributed by atoms with Crippen LogP contribution in [0.5, 0.6) is 0 Å². The number of fused-ring (bicyclic) bond motifs is 1. The van der Waals surface area contributed by atoms with Crippen LogP contribution in [0.15, 0.2) is 59.0 Å². The Kier molecular flexibility index (Phi) is 2.42. The summed E-state index contributed by atoms with van der Waals surface area (Å²) >= 11 is 0. The molecule has 2 N–H and O–H groups in total. The van der Waals surface area contributed by atoms with Crippen LogP contribution >= 0.6 is 0 Å². The topological polar surface area (TPSA) is 39.2 Å². The highest BCUT2D eigenvalue weighted by molar-refractivity contribution is 5.85. The zero-order valence-electron chi connectivity index (χ0n) is 9.39. The van der Waals surface area contributed by atoms with Crippen molar-refractivity contribution >= 4 is 11.0 Å². The van der Waals surface area contributed by atoms with Gasteiger partial charge in [0.2, 0.25) is 0 Å². The lowest BCUT2D eigenvalue weighted by atomic mass is 10.1. The average molecular weight is 223 g/mol. The lowest BCUT2D eigenvalue weighted by Gasteiger charge is -1.97. The summed E-state index contributed by atoms with van der Waals surface area (Å²) in [6.07, 6.45) is 0. The first-order chi connectivity index (χ1) is 8.38. The summed E-state index contributed by atoms with van der Waals surface area (Å²) in [5, 5.41) is 1.10. The van der Waals surface area contributed by atoms with Crippen molar-refractivity contribution in [2.75, 3.05) is 0 Å². The number of rotatable bonds is 2. The zero-order valence-corrected chi connectivity index (χ0v) is 9.39. The fraction of sp³-hybridized carbons (Fsp3) is 0.0667. The molecule has 0 aliphatic carbocycles. The molecule has 0 amide bonds. The largest absolute Gasteiger partial charge is 0.456 e. The van der Waals surface area contributed by atoms with Crippen LogP contribution in [0.25, 0.3) is 22.3 Å². The van der Waals surface area contributed by atoms with Gasteiger partial charge in [0.25, 0.3) is 0 Å². The maximum Gasteiger partial charge on any atom is 0.139 e. The van der Waals surface area contributed by atoms with Crippen molar-refractivity contribution in [3.8, 4) is 11.3 Å². The molecule has 3 rings (SSSR count). The Balaban J connectivity index is 2.20. The van der Waals surface area contributed by atoms with Gasteiger partial charge >= 0.3 is 0 Å². The summed E-state index contributed by atoms with van der Waals surface area (Å²) in [5.74, 6) is 0.890. The standard InChI is InChI=1S/C15H13NO/c16-10-13-8-4-7-12-9-14(17-15(12)13)11-5-2-1-3-6-11/h1-9H,10,16H2. The first-order valence-electron chi connectivity index (χ1n) is 5.65. The summed E-state index contributed by atoms with van der Waals surface area (Å²) in [7, 11) is 0. The normalized spacial score (nSPS) is 10.9. The molecule has 17 heavy (non-hydrogen) atoms. The van der Waals surface area contributed by atoms with Crippen LogP contribution < -0.4 is 5.73 Å². The summed E-state index contributed by atoms with van der Waals surface area (Å²) in [5.41, 5.74) is 8.74. The van der Waals surface area contributed by atoms with Crippen molar-refractivity contribution in [1.29, 1.82) is 0 Å². The quantitative estimate of drug-likeness (QED) is 0.721. The molecule has 0 saturated heterocycles. The molecular formula is C15H13NO. The van der Waals surface area contributed by atoms with E-state index >= 15 is 0 Å². The molecule has 3 aromatic rings. The van der Waals surface area contributed by atoms with Gasteiger partial charge in [-0.2, -0.15) is 0 Å². The summed E-state index contributed by atoms with van der Waals surface area (Å²) in [4.78, 5) is 0. The lowest BCUT2D eigenvalue weighted by molar-refractivity contribution is 0.626. The van der Waals surface area contributed by atoms with Gasteiger partial charge in [0.15, 0.2) is 0 Å². The van der Waals surface area contributed by atoms with E-state index in [0.29, 0.717) is 6.54 Å². The van der Waals surface area contributed by atoms with Crippen LogP contribution in [0, 0.1) is 0 Å². The molecule has 1 heterocycles. The van der Waals surface area contributed by atoms with Crippen molar-refractivity contribution in [2.24, 2.45) is 5.73 Å². The second kappa shape index (κ2) is 4.07. The number of hydrogen-bond donors (Lipinski definition) is 1. The molecule has 0 saturated carbocycles.